The molecule has 1 saturated carbocycles. The summed E-state index contributed by atoms with van der Waals surface area (Å²) in [6, 6.07) is 0. The number of ether oxygens (including phenoxy) is 3. The third-order valence-corrected chi connectivity index (χ3v) is 6.41. The summed E-state index contributed by atoms with van der Waals surface area (Å²) in [5.41, 5.74) is 0. The van der Waals surface area contributed by atoms with Gasteiger partial charge in [-0.15, -0.1) is 0 Å². The molecular formula is C23H40O6. The Kier molecular flexibility index (Phi) is 10.6. The number of rotatable bonds is 13. The number of aliphatic hydroxyl groups excluding tert-OH is 2. The van der Waals surface area contributed by atoms with E-state index in [0.29, 0.717) is 26.1 Å². The van der Waals surface area contributed by atoms with Crippen LogP contribution < -0.4 is 0 Å². The Morgan fingerprint density at radius 2 is 1.79 bits per heavy atom. The van der Waals surface area contributed by atoms with Gasteiger partial charge in [-0.05, 0) is 50.4 Å². The summed E-state index contributed by atoms with van der Waals surface area (Å²) in [6.45, 7) is 3.46. The fraction of sp³-hybridized carbons (Fsp3) is 0.870. The Morgan fingerprint density at radius 3 is 2.48 bits per heavy atom. The molecule has 0 spiro atoms. The summed E-state index contributed by atoms with van der Waals surface area (Å²) in [7, 11) is 1.40. The van der Waals surface area contributed by atoms with E-state index >= 15 is 0 Å². The minimum atomic E-state index is -0.503. The van der Waals surface area contributed by atoms with Gasteiger partial charge in [-0.2, -0.15) is 0 Å². The maximum atomic E-state index is 11.1. The van der Waals surface area contributed by atoms with Gasteiger partial charge < -0.3 is 24.4 Å². The molecule has 2 rings (SSSR count). The monoisotopic (exact) mass is 412 g/mol. The Balaban J connectivity index is 1.82. The molecular weight excluding hydrogens is 372 g/mol. The van der Waals surface area contributed by atoms with Crippen molar-refractivity contribution in [3.05, 3.63) is 12.2 Å². The number of aliphatic hydroxyl groups is 2. The van der Waals surface area contributed by atoms with Crippen LogP contribution in [0.3, 0.4) is 0 Å². The summed E-state index contributed by atoms with van der Waals surface area (Å²) in [5.74, 6) is -0.579. The molecule has 2 fully saturated rings. The van der Waals surface area contributed by atoms with Crippen LogP contribution in [0.2, 0.25) is 0 Å². The molecule has 1 aliphatic carbocycles. The van der Waals surface area contributed by atoms with E-state index < -0.39 is 18.0 Å². The van der Waals surface area contributed by atoms with Crippen molar-refractivity contribution in [2.45, 2.75) is 95.5 Å². The van der Waals surface area contributed by atoms with Crippen LogP contribution in [-0.2, 0) is 19.0 Å². The fourth-order valence-corrected chi connectivity index (χ4v) is 4.69. The molecule has 0 amide bonds. The highest BCUT2D eigenvalue weighted by Gasteiger charge is 2.43. The minimum Gasteiger partial charge on any atom is -0.469 e. The number of hydrogen-bond acceptors (Lipinski definition) is 6. The summed E-state index contributed by atoms with van der Waals surface area (Å²) >= 11 is 0. The molecule has 1 heterocycles. The van der Waals surface area contributed by atoms with E-state index in [4.69, 9.17) is 9.47 Å². The predicted octanol–water partition coefficient (Wildman–Crippen LogP) is 3.74. The molecule has 1 saturated heterocycles. The maximum absolute atomic E-state index is 11.1. The number of esters is 1. The van der Waals surface area contributed by atoms with Gasteiger partial charge >= 0.3 is 5.97 Å². The van der Waals surface area contributed by atoms with Crippen molar-refractivity contribution in [1.82, 2.24) is 0 Å². The van der Waals surface area contributed by atoms with E-state index in [9.17, 15) is 15.0 Å². The van der Waals surface area contributed by atoms with Crippen molar-refractivity contribution in [3.63, 3.8) is 0 Å². The Bertz CT molecular complexity index is 500. The first kappa shape index (κ1) is 24.3. The van der Waals surface area contributed by atoms with Gasteiger partial charge in [0.25, 0.3) is 0 Å². The minimum absolute atomic E-state index is 0.0518. The third-order valence-electron chi connectivity index (χ3n) is 6.41. The lowest BCUT2D eigenvalue weighted by molar-refractivity contribution is -0.171. The zero-order chi connectivity index (χ0) is 21.1. The SMILES string of the molecule is CCCCCC1(CC[C@H]2C(O)CC(O)[C@@H]2CC=CCCCC(=O)OC)OCCO1. The number of methoxy groups -OCH3 is 1. The lowest BCUT2D eigenvalue weighted by Crippen LogP contribution is -2.33. The number of hydrogen-bond donors (Lipinski definition) is 2. The number of carbonyl (C=O) groups excluding carboxylic acids is 1. The molecule has 0 bridgehead atoms. The summed E-state index contributed by atoms with van der Waals surface area (Å²) in [6.07, 6.45) is 12.3. The smallest absolute Gasteiger partial charge is 0.305 e. The van der Waals surface area contributed by atoms with E-state index in [2.05, 4.69) is 23.8 Å². The average molecular weight is 413 g/mol. The van der Waals surface area contributed by atoms with E-state index in [0.717, 1.165) is 51.4 Å². The predicted molar refractivity (Wildman–Crippen MR) is 111 cm³/mol. The quantitative estimate of drug-likeness (QED) is 0.272. The second-order valence-electron chi connectivity index (χ2n) is 8.48. The van der Waals surface area contributed by atoms with Crippen molar-refractivity contribution in [1.29, 1.82) is 0 Å². The number of carbonyl (C=O) groups is 1. The van der Waals surface area contributed by atoms with Gasteiger partial charge in [0, 0.05) is 19.3 Å². The molecule has 0 radical (unpaired) electrons. The molecule has 6 nitrogen and oxygen atoms in total. The van der Waals surface area contributed by atoms with Crippen molar-refractivity contribution in [3.8, 4) is 0 Å². The Morgan fingerprint density at radius 1 is 1.07 bits per heavy atom. The zero-order valence-corrected chi connectivity index (χ0v) is 18.2. The normalized spacial score (nSPS) is 29.0. The second kappa shape index (κ2) is 12.7. The third kappa shape index (κ3) is 7.67. The van der Waals surface area contributed by atoms with Gasteiger partial charge in [-0.25, -0.2) is 0 Å². The lowest BCUT2D eigenvalue weighted by Gasteiger charge is -2.31. The summed E-state index contributed by atoms with van der Waals surface area (Å²) < 4.78 is 16.6. The largest absolute Gasteiger partial charge is 0.469 e. The van der Waals surface area contributed by atoms with Gasteiger partial charge in [0.15, 0.2) is 5.79 Å². The van der Waals surface area contributed by atoms with Gasteiger partial charge in [-0.1, -0.05) is 31.9 Å². The van der Waals surface area contributed by atoms with Crippen LogP contribution in [0.1, 0.15) is 77.6 Å². The lowest BCUT2D eigenvalue weighted by atomic mass is 9.85. The average Bonchev–Trinajstić information content (AvgIpc) is 3.27. The van der Waals surface area contributed by atoms with Gasteiger partial charge in [0.05, 0.1) is 32.5 Å². The molecule has 4 atom stereocenters. The zero-order valence-electron chi connectivity index (χ0n) is 18.2. The molecule has 2 N–H and O–H groups in total. The van der Waals surface area contributed by atoms with Crippen LogP contribution in [0, 0.1) is 11.8 Å². The molecule has 0 aromatic carbocycles. The second-order valence-corrected chi connectivity index (χ2v) is 8.48. The van der Waals surface area contributed by atoms with Gasteiger partial charge in [0.2, 0.25) is 0 Å². The van der Waals surface area contributed by atoms with Crippen LogP contribution in [-0.4, -0.2) is 54.5 Å². The fourth-order valence-electron chi connectivity index (χ4n) is 4.69. The van der Waals surface area contributed by atoms with Crippen LogP contribution in [0.15, 0.2) is 12.2 Å². The highest BCUT2D eigenvalue weighted by Crippen LogP contribution is 2.41. The van der Waals surface area contributed by atoms with Gasteiger partial charge in [-0.3, -0.25) is 4.79 Å². The first-order valence-electron chi connectivity index (χ1n) is 11.4. The van der Waals surface area contributed by atoms with E-state index in [1.54, 1.807) is 0 Å². The van der Waals surface area contributed by atoms with Crippen LogP contribution >= 0.6 is 0 Å². The van der Waals surface area contributed by atoms with E-state index in [1.807, 2.05) is 0 Å². The standard InChI is InChI=1S/C23H40O6/c1-3-4-9-13-23(28-15-16-29-23)14-12-19-18(20(24)17-21(19)25)10-7-5-6-8-11-22(26)27-2/h5,7,18-21,24-25H,3-4,6,8-17H2,1-2H3/t18-,19-,20?,21?/m1/s1. The molecule has 0 aromatic heterocycles. The van der Waals surface area contributed by atoms with Crippen molar-refractivity contribution in [2.75, 3.05) is 20.3 Å². The maximum Gasteiger partial charge on any atom is 0.305 e. The first-order chi connectivity index (χ1) is 14.0. The van der Waals surface area contributed by atoms with Crippen LogP contribution in [0.25, 0.3) is 0 Å². The van der Waals surface area contributed by atoms with E-state index in [-0.39, 0.29) is 17.8 Å². The molecule has 0 aromatic rings. The molecule has 6 heteroatoms. The topological polar surface area (TPSA) is 85.2 Å². The van der Waals surface area contributed by atoms with Gasteiger partial charge in [0.1, 0.15) is 0 Å². The van der Waals surface area contributed by atoms with Crippen LogP contribution in [0.5, 0.6) is 0 Å². The van der Waals surface area contributed by atoms with Crippen molar-refractivity contribution >= 4 is 5.97 Å². The molecule has 1 aliphatic heterocycles. The molecule has 168 valence electrons. The molecule has 2 unspecified atom stereocenters. The highest BCUT2D eigenvalue weighted by atomic mass is 16.7. The summed E-state index contributed by atoms with van der Waals surface area (Å²) in [5, 5.41) is 21.0. The summed E-state index contributed by atoms with van der Waals surface area (Å²) in [4.78, 5) is 11.1. The van der Waals surface area contributed by atoms with Crippen molar-refractivity contribution in [2.24, 2.45) is 11.8 Å². The van der Waals surface area contributed by atoms with Crippen molar-refractivity contribution < 1.29 is 29.2 Å². The van der Waals surface area contributed by atoms with Crippen LogP contribution in [0.4, 0.5) is 0 Å². The molecule has 29 heavy (non-hydrogen) atoms. The number of unbranched alkanes of at least 4 members (excludes halogenated alkanes) is 3. The van der Waals surface area contributed by atoms with E-state index in [1.165, 1.54) is 13.5 Å². The Labute approximate surface area is 175 Å². The first-order valence-corrected chi connectivity index (χ1v) is 11.4. The number of allylic oxidation sites excluding steroid dienone is 2. The Hall–Kier alpha value is -0.950. The molecule has 2 aliphatic rings. The highest BCUT2D eigenvalue weighted by molar-refractivity contribution is 5.69.